The summed E-state index contributed by atoms with van der Waals surface area (Å²) in [4.78, 5) is 26.6. The van der Waals surface area contributed by atoms with E-state index in [1.165, 1.54) is 0 Å². The van der Waals surface area contributed by atoms with Crippen molar-refractivity contribution in [2.75, 3.05) is 25.0 Å². The molecule has 27 heavy (non-hydrogen) atoms. The van der Waals surface area contributed by atoms with E-state index >= 15 is 0 Å². The van der Waals surface area contributed by atoms with Crippen molar-refractivity contribution in [1.82, 2.24) is 4.90 Å². The Morgan fingerprint density at radius 2 is 1.78 bits per heavy atom. The van der Waals surface area contributed by atoms with Gasteiger partial charge in [0.25, 0.3) is 11.8 Å². The van der Waals surface area contributed by atoms with E-state index < -0.39 is 0 Å². The molecule has 0 saturated carbocycles. The molecule has 1 saturated heterocycles. The van der Waals surface area contributed by atoms with Crippen molar-refractivity contribution in [3.05, 3.63) is 57.6 Å². The summed E-state index contributed by atoms with van der Waals surface area (Å²) in [5.41, 5.74) is 3.12. The van der Waals surface area contributed by atoms with Gasteiger partial charge in [-0.15, -0.1) is 0 Å². The molecule has 3 rings (SSSR count). The molecule has 1 fully saturated rings. The number of nitrogens with one attached hydrogen (secondary N) is 1. The third-order valence-electron chi connectivity index (χ3n) is 4.56. The van der Waals surface area contributed by atoms with Gasteiger partial charge in [-0.05, 0) is 68.1 Å². The van der Waals surface area contributed by atoms with E-state index in [0.717, 1.165) is 41.5 Å². The van der Waals surface area contributed by atoms with E-state index in [2.05, 4.69) is 21.2 Å². The largest absolute Gasteiger partial charge is 0.483 e. The second-order valence-corrected chi connectivity index (χ2v) is 7.70. The number of amides is 2. The summed E-state index contributed by atoms with van der Waals surface area (Å²) in [6, 6.07) is 11.0. The Balaban J connectivity index is 1.61. The molecule has 1 aliphatic rings. The lowest BCUT2D eigenvalue weighted by Gasteiger charge is -2.16. The number of ether oxygens (including phenoxy) is 1. The van der Waals surface area contributed by atoms with Crippen LogP contribution in [0.15, 0.2) is 40.9 Å². The molecule has 2 aromatic rings. The highest BCUT2D eigenvalue weighted by atomic mass is 79.9. The molecule has 1 heterocycles. The molecule has 1 N–H and O–H groups in total. The molecular formula is C21H23BrN2O3. The molecule has 2 aromatic carbocycles. The Kier molecular flexibility index (Phi) is 6.16. The van der Waals surface area contributed by atoms with Gasteiger partial charge < -0.3 is 15.0 Å². The Morgan fingerprint density at radius 1 is 1.11 bits per heavy atom. The SMILES string of the molecule is Cc1cc(Br)cc(C)c1OCC(=O)Nc1cccc(C(=O)N2CCCC2)c1. The lowest BCUT2D eigenvalue weighted by Crippen LogP contribution is -2.27. The fraction of sp³-hybridized carbons (Fsp3) is 0.333. The van der Waals surface area contributed by atoms with Crippen LogP contribution in [0.3, 0.4) is 0 Å². The van der Waals surface area contributed by atoms with Crippen LogP contribution in [-0.2, 0) is 4.79 Å². The predicted octanol–water partition coefficient (Wildman–Crippen LogP) is 4.32. The smallest absolute Gasteiger partial charge is 0.262 e. The van der Waals surface area contributed by atoms with E-state index in [4.69, 9.17) is 4.74 Å². The lowest BCUT2D eigenvalue weighted by atomic mass is 10.1. The number of hydrogen-bond acceptors (Lipinski definition) is 3. The Hall–Kier alpha value is -2.34. The van der Waals surface area contributed by atoms with Gasteiger partial charge in [0.2, 0.25) is 0 Å². The number of aryl methyl sites for hydroxylation is 2. The second-order valence-electron chi connectivity index (χ2n) is 6.79. The second kappa shape index (κ2) is 8.57. The number of anilines is 1. The highest BCUT2D eigenvalue weighted by Gasteiger charge is 2.19. The summed E-state index contributed by atoms with van der Waals surface area (Å²) < 4.78 is 6.69. The van der Waals surface area contributed by atoms with Gasteiger partial charge in [0.05, 0.1) is 0 Å². The summed E-state index contributed by atoms with van der Waals surface area (Å²) in [7, 11) is 0. The zero-order valence-electron chi connectivity index (χ0n) is 15.5. The van der Waals surface area contributed by atoms with Crippen LogP contribution in [0.25, 0.3) is 0 Å². The maximum Gasteiger partial charge on any atom is 0.262 e. The highest BCUT2D eigenvalue weighted by molar-refractivity contribution is 9.10. The van der Waals surface area contributed by atoms with Crippen LogP contribution in [-0.4, -0.2) is 36.4 Å². The topological polar surface area (TPSA) is 58.6 Å². The average molecular weight is 431 g/mol. The molecule has 5 nitrogen and oxygen atoms in total. The fourth-order valence-corrected chi connectivity index (χ4v) is 3.98. The quantitative estimate of drug-likeness (QED) is 0.767. The van der Waals surface area contributed by atoms with Crippen LogP contribution >= 0.6 is 15.9 Å². The molecule has 0 spiro atoms. The molecule has 2 amide bonds. The van der Waals surface area contributed by atoms with E-state index in [9.17, 15) is 9.59 Å². The normalized spacial score (nSPS) is 13.5. The number of carbonyl (C=O) groups is 2. The van der Waals surface area contributed by atoms with Crippen molar-refractivity contribution in [3.8, 4) is 5.75 Å². The molecule has 0 bridgehead atoms. The molecule has 142 valence electrons. The van der Waals surface area contributed by atoms with Gasteiger partial charge in [0.1, 0.15) is 5.75 Å². The zero-order valence-corrected chi connectivity index (χ0v) is 17.1. The molecule has 0 radical (unpaired) electrons. The van der Waals surface area contributed by atoms with Crippen molar-refractivity contribution >= 4 is 33.4 Å². The van der Waals surface area contributed by atoms with Gasteiger partial charge in [-0.3, -0.25) is 9.59 Å². The Morgan fingerprint density at radius 3 is 2.44 bits per heavy atom. The minimum absolute atomic E-state index is 0.0148. The van der Waals surface area contributed by atoms with Crippen molar-refractivity contribution in [1.29, 1.82) is 0 Å². The molecule has 0 unspecified atom stereocenters. The first-order chi connectivity index (χ1) is 12.9. The Bertz CT molecular complexity index is 837. The van der Waals surface area contributed by atoms with Gasteiger partial charge in [-0.1, -0.05) is 22.0 Å². The van der Waals surface area contributed by atoms with Crippen molar-refractivity contribution in [2.24, 2.45) is 0 Å². The minimum atomic E-state index is -0.262. The fourth-order valence-electron chi connectivity index (χ4n) is 3.29. The van der Waals surface area contributed by atoms with Gasteiger partial charge in [-0.2, -0.15) is 0 Å². The number of benzene rings is 2. The Labute approximate surface area is 167 Å². The van der Waals surface area contributed by atoms with Crippen molar-refractivity contribution < 1.29 is 14.3 Å². The van der Waals surface area contributed by atoms with Crippen molar-refractivity contribution in [3.63, 3.8) is 0 Å². The van der Waals surface area contributed by atoms with Crippen LogP contribution in [0.4, 0.5) is 5.69 Å². The first-order valence-electron chi connectivity index (χ1n) is 9.03. The van der Waals surface area contributed by atoms with E-state index in [1.807, 2.05) is 30.9 Å². The van der Waals surface area contributed by atoms with Crippen LogP contribution in [0.5, 0.6) is 5.75 Å². The van der Waals surface area contributed by atoms with Gasteiger partial charge >= 0.3 is 0 Å². The molecule has 0 aromatic heterocycles. The third-order valence-corrected chi connectivity index (χ3v) is 5.02. The van der Waals surface area contributed by atoms with Crippen molar-refractivity contribution in [2.45, 2.75) is 26.7 Å². The summed E-state index contributed by atoms with van der Waals surface area (Å²) in [6.07, 6.45) is 2.10. The van der Waals surface area contributed by atoms with Gasteiger partial charge in [0, 0.05) is 28.8 Å². The van der Waals surface area contributed by atoms with Crippen LogP contribution in [0, 0.1) is 13.8 Å². The van der Waals surface area contributed by atoms with Crippen LogP contribution < -0.4 is 10.1 Å². The van der Waals surface area contributed by atoms with Crippen LogP contribution in [0.1, 0.15) is 34.3 Å². The molecule has 0 atom stereocenters. The molecule has 1 aliphatic heterocycles. The summed E-state index contributed by atoms with van der Waals surface area (Å²) in [6.45, 7) is 5.40. The standard InChI is InChI=1S/C21H23BrN2O3/c1-14-10-17(22)11-15(2)20(14)27-13-19(25)23-18-7-5-6-16(12-18)21(26)24-8-3-4-9-24/h5-7,10-12H,3-4,8-9,13H2,1-2H3,(H,23,25). The van der Waals surface area contributed by atoms with Crippen LogP contribution in [0.2, 0.25) is 0 Å². The van der Waals surface area contributed by atoms with E-state index in [-0.39, 0.29) is 18.4 Å². The van der Waals surface area contributed by atoms with E-state index in [1.54, 1.807) is 24.3 Å². The number of likely N-dealkylation sites (tertiary alicyclic amines) is 1. The number of rotatable bonds is 5. The zero-order chi connectivity index (χ0) is 19.4. The first-order valence-corrected chi connectivity index (χ1v) is 9.82. The number of nitrogens with zero attached hydrogens (tertiary/aromatic N) is 1. The minimum Gasteiger partial charge on any atom is -0.483 e. The molecule has 0 aliphatic carbocycles. The maximum absolute atomic E-state index is 12.5. The predicted molar refractivity (Wildman–Crippen MR) is 109 cm³/mol. The molecular weight excluding hydrogens is 408 g/mol. The monoisotopic (exact) mass is 430 g/mol. The highest BCUT2D eigenvalue weighted by Crippen LogP contribution is 2.27. The summed E-state index contributed by atoms with van der Waals surface area (Å²) >= 11 is 3.45. The number of hydrogen-bond donors (Lipinski definition) is 1. The summed E-state index contributed by atoms with van der Waals surface area (Å²) in [5, 5.41) is 2.80. The molecule has 6 heteroatoms. The third kappa shape index (κ3) is 4.89. The first kappa shape index (κ1) is 19.4. The van der Waals surface area contributed by atoms with E-state index in [0.29, 0.717) is 17.0 Å². The number of halogens is 1. The number of carbonyl (C=O) groups excluding carboxylic acids is 2. The maximum atomic E-state index is 12.5. The lowest BCUT2D eigenvalue weighted by molar-refractivity contribution is -0.118. The van der Waals surface area contributed by atoms with Gasteiger partial charge in [0.15, 0.2) is 6.61 Å². The average Bonchev–Trinajstić information content (AvgIpc) is 3.15. The van der Waals surface area contributed by atoms with Gasteiger partial charge in [-0.25, -0.2) is 0 Å². The summed E-state index contributed by atoms with van der Waals surface area (Å²) in [5.74, 6) is 0.467.